The van der Waals surface area contributed by atoms with Crippen molar-refractivity contribution in [2.24, 2.45) is 0 Å². The topological polar surface area (TPSA) is 43.8 Å². The van der Waals surface area contributed by atoms with Crippen molar-refractivity contribution in [3.63, 3.8) is 0 Å². The highest BCUT2D eigenvalue weighted by Crippen LogP contribution is 2.26. The molecule has 0 amide bonds. The molecule has 1 heterocycles. The van der Waals surface area contributed by atoms with Gasteiger partial charge in [-0.15, -0.1) is 0 Å². The average Bonchev–Trinajstić information content (AvgIpc) is 2.89. The Morgan fingerprint density at radius 2 is 1.84 bits per heavy atom. The summed E-state index contributed by atoms with van der Waals surface area (Å²) in [5, 5.41) is 4.29. The number of nitrogens with zero attached hydrogens (tertiary/aromatic N) is 2. The lowest BCUT2D eigenvalue weighted by Crippen LogP contribution is -1.93. The highest BCUT2D eigenvalue weighted by Gasteiger charge is 2.07. The second kappa shape index (κ2) is 4.57. The van der Waals surface area contributed by atoms with Gasteiger partial charge < -0.3 is 5.73 Å². The number of anilines is 1. The van der Waals surface area contributed by atoms with Crippen LogP contribution in [-0.2, 0) is 0 Å². The van der Waals surface area contributed by atoms with Crippen molar-refractivity contribution < 1.29 is 4.39 Å². The van der Waals surface area contributed by atoms with Crippen molar-refractivity contribution >= 4 is 5.69 Å². The molecule has 0 aliphatic rings. The van der Waals surface area contributed by atoms with Crippen LogP contribution < -0.4 is 5.73 Å². The molecule has 4 heteroatoms. The van der Waals surface area contributed by atoms with Crippen LogP contribution >= 0.6 is 0 Å². The Balaban J connectivity index is 2.02. The van der Waals surface area contributed by atoms with Crippen LogP contribution in [0.25, 0.3) is 16.8 Å². The summed E-state index contributed by atoms with van der Waals surface area (Å²) in [5.74, 6) is -0.336. The third-order valence-corrected chi connectivity index (χ3v) is 2.93. The van der Waals surface area contributed by atoms with Crippen LogP contribution in [0.1, 0.15) is 0 Å². The maximum atomic E-state index is 13.0. The molecule has 19 heavy (non-hydrogen) atoms. The van der Waals surface area contributed by atoms with E-state index in [1.165, 1.54) is 12.1 Å². The monoisotopic (exact) mass is 253 g/mol. The van der Waals surface area contributed by atoms with E-state index in [-0.39, 0.29) is 5.82 Å². The van der Waals surface area contributed by atoms with Gasteiger partial charge in [-0.05, 0) is 30.3 Å². The zero-order chi connectivity index (χ0) is 13.2. The van der Waals surface area contributed by atoms with E-state index >= 15 is 0 Å². The summed E-state index contributed by atoms with van der Waals surface area (Å²) in [4.78, 5) is 0. The van der Waals surface area contributed by atoms with Crippen LogP contribution in [-0.4, -0.2) is 9.78 Å². The number of nitrogen functional groups attached to an aromatic ring is 1. The maximum absolute atomic E-state index is 13.0. The van der Waals surface area contributed by atoms with Crippen LogP contribution in [0.2, 0.25) is 0 Å². The fourth-order valence-electron chi connectivity index (χ4n) is 1.98. The van der Waals surface area contributed by atoms with Gasteiger partial charge in [0.25, 0.3) is 0 Å². The summed E-state index contributed by atoms with van der Waals surface area (Å²) in [5.41, 5.74) is 8.84. The summed E-state index contributed by atoms with van der Waals surface area (Å²) in [6, 6.07) is 14.1. The minimum atomic E-state index is -0.336. The van der Waals surface area contributed by atoms with E-state index in [1.807, 2.05) is 36.5 Å². The largest absolute Gasteiger partial charge is 0.398 e. The number of rotatable bonds is 2. The van der Waals surface area contributed by atoms with Crippen LogP contribution in [0.5, 0.6) is 0 Å². The Bertz CT molecular complexity index is 704. The number of aromatic nitrogens is 2. The third kappa shape index (κ3) is 2.20. The van der Waals surface area contributed by atoms with Gasteiger partial charge in [0.05, 0.1) is 11.9 Å². The first-order valence-electron chi connectivity index (χ1n) is 5.89. The van der Waals surface area contributed by atoms with Crippen molar-refractivity contribution in [1.82, 2.24) is 9.78 Å². The Morgan fingerprint density at radius 1 is 1.05 bits per heavy atom. The quantitative estimate of drug-likeness (QED) is 0.712. The van der Waals surface area contributed by atoms with Gasteiger partial charge >= 0.3 is 0 Å². The Hall–Kier alpha value is -2.62. The molecule has 0 radical (unpaired) electrons. The molecule has 0 atom stereocenters. The summed E-state index contributed by atoms with van der Waals surface area (Å²) in [7, 11) is 0. The number of hydrogen-bond donors (Lipinski definition) is 1. The van der Waals surface area contributed by atoms with Gasteiger partial charge in [-0.2, -0.15) is 5.10 Å². The first-order valence-corrected chi connectivity index (χ1v) is 5.89. The molecular weight excluding hydrogens is 241 g/mol. The molecule has 94 valence electrons. The summed E-state index contributed by atoms with van der Waals surface area (Å²) in [6.45, 7) is 0. The van der Waals surface area contributed by atoms with E-state index in [0.29, 0.717) is 5.69 Å². The molecule has 1 aromatic heterocycles. The van der Waals surface area contributed by atoms with Crippen LogP contribution in [0, 0.1) is 5.82 Å². The second-order valence-corrected chi connectivity index (χ2v) is 4.24. The van der Waals surface area contributed by atoms with Gasteiger partial charge in [0.1, 0.15) is 5.82 Å². The van der Waals surface area contributed by atoms with Crippen LogP contribution in [0.4, 0.5) is 10.1 Å². The van der Waals surface area contributed by atoms with Crippen molar-refractivity contribution in [3.05, 3.63) is 66.7 Å². The normalized spacial score (nSPS) is 10.6. The molecule has 0 aliphatic heterocycles. The minimum Gasteiger partial charge on any atom is -0.398 e. The molecule has 0 saturated carbocycles. The Labute approximate surface area is 110 Å². The highest BCUT2D eigenvalue weighted by molar-refractivity contribution is 5.75. The molecule has 0 fully saturated rings. The van der Waals surface area contributed by atoms with Gasteiger partial charge in [-0.1, -0.05) is 18.2 Å². The lowest BCUT2D eigenvalue weighted by Gasteiger charge is -2.02. The maximum Gasteiger partial charge on any atom is 0.125 e. The number of para-hydroxylation sites is 1. The van der Waals surface area contributed by atoms with E-state index in [9.17, 15) is 4.39 Å². The summed E-state index contributed by atoms with van der Waals surface area (Å²) >= 11 is 0. The SMILES string of the molecule is Nc1cc(F)ccc1-c1cnn(-c2ccccc2)c1. The standard InChI is InChI=1S/C15H12FN3/c16-12-6-7-14(15(17)8-12)11-9-18-19(10-11)13-4-2-1-3-5-13/h1-10H,17H2. The molecule has 0 bridgehead atoms. The summed E-state index contributed by atoms with van der Waals surface area (Å²) < 4.78 is 14.8. The van der Waals surface area contributed by atoms with Crippen molar-refractivity contribution in [3.8, 4) is 16.8 Å². The molecule has 0 spiro atoms. The number of hydrogen-bond acceptors (Lipinski definition) is 2. The van der Waals surface area contributed by atoms with E-state index in [2.05, 4.69) is 5.10 Å². The molecule has 0 saturated heterocycles. The molecule has 3 aromatic rings. The first kappa shape index (κ1) is 11.5. The molecule has 0 aliphatic carbocycles. The third-order valence-electron chi connectivity index (χ3n) is 2.93. The molecule has 3 nitrogen and oxygen atoms in total. The number of benzene rings is 2. The predicted octanol–water partition coefficient (Wildman–Crippen LogP) is 3.26. The minimum absolute atomic E-state index is 0.336. The number of halogens is 1. The van der Waals surface area contributed by atoms with E-state index in [4.69, 9.17) is 5.73 Å². The summed E-state index contributed by atoms with van der Waals surface area (Å²) in [6.07, 6.45) is 3.59. The molecule has 0 unspecified atom stereocenters. The van der Waals surface area contributed by atoms with Gasteiger partial charge in [-0.3, -0.25) is 0 Å². The van der Waals surface area contributed by atoms with Crippen molar-refractivity contribution in [2.75, 3.05) is 5.73 Å². The second-order valence-electron chi connectivity index (χ2n) is 4.24. The van der Waals surface area contributed by atoms with Crippen molar-refractivity contribution in [1.29, 1.82) is 0 Å². The van der Waals surface area contributed by atoms with Gasteiger partial charge in [0, 0.05) is 23.0 Å². The van der Waals surface area contributed by atoms with Crippen LogP contribution in [0.15, 0.2) is 60.9 Å². The highest BCUT2D eigenvalue weighted by atomic mass is 19.1. The van der Waals surface area contributed by atoms with Gasteiger partial charge in [0.2, 0.25) is 0 Å². The van der Waals surface area contributed by atoms with Crippen LogP contribution in [0.3, 0.4) is 0 Å². The van der Waals surface area contributed by atoms with E-state index in [1.54, 1.807) is 16.9 Å². The van der Waals surface area contributed by atoms with E-state index in [0.717, 1.165) is 16.8 Å². The molecular formula is C15H12FN3. The lowest BCUT2D eigenvalue weighted by molar-refractivity contribution is 0.628. The smallest absolute Gasteiger partial charge is 0.125 e. The zero-order valence-corrected chi connectivity index (χ0v) is 10.1. The van der Waals surface area contributed by atoms with E-state index < -0.39 is 0 Å². The Morgan fingerprint density at radius 3 is 2.58 bits per heavy atom. The fourth-order valence-corrected chi connectivity index (χ4v) is 1.98. The van der Waals surface area contributed by atoms with Gasteiger partial charge in [0.15, 0.2) is 0 Å². The predicted molar refractivity (Wildman–Crippen MR) is 73.4 cm³/mol. The van der Waals surface area contributed by atoms with Crippen molar-refractivity contribution in [2.45, 2.75) is 0 Å². The zero-order valence-electron chi connectivity index (χ0n) is 10.1. The lowest BCUT2D eigenvalue weighted by atomic mass is 10.1. The van der Waals surface area contributed by atoms with Gasteiger partial charge in [-0.25, -0.2) is 9.07 Å². The first-order chi connectivity index (χ1) is 9.24. The fraction of sp³-hybridized carbons (Fsp3) is 0. The Kier molecular flexibility index (Phi) is 2.76. The number of nitrogens with two attached hydrogens (primary N) is 1. The molecule has 3 rings (SSSR count). The molecule has 2 N–H and O–H groups in total. The average molecular weight is 253 g/mol. The molecule has 2 aromatic carbocycles.